The van der Waals surface area contributed by atoms with E-state index >= 15 is 0 Å². The van der Waals surface area contributed by atoms with E-state index in [0.717, 1.165) is 30.2 Å². The third kappa shape index (κ3) is 5.90. The van der Waals surface area contributed by atoms with Crippen molar-refractivity contribution in [2.24, 2.45) is 0 Å². The number of carbonyl (C=O) groups is 2. The Kier molecular flexibility index (Phi) is 8.22. The number of ether oxygens (including phenoxy) is 1. The smallest absolute Gasteiger partial charge is 0.319 e. The van der Waals surface area contributed by atoms with Crippen molar-refractivity contribution in [3.05, 3.63) is 66.9 Å². The number of anilines is 2. The molecule has 0 spiro atoms. The van der Waals surface area contributed by atoms with Gasteiger partial charge in [0.25, 0.3) is 5.91 Å². The Bertz CT molecular complexity index is 1450. The maximum atomic E-state index is 13.5. The Morgan fingerprint density at radius 1 is 1.15 bits per heavy atom. The van der Waals surface area contributed by atoms with Crippen molar-refractivity contribution >= 4 is 34.1 Å². The van der Waals surface area contributed by atoms with E-state index in [1.54, 1.807) is 11.0 Å². The molecule has 2 aliphatic heterocycles. The fourth-order valence-electron chi connectivity index (χ4n) is 5.39. The molecule has 3 aromatic rings. The first-order valence-corrected chi connectivity index (χ1v) is 13.5. The van der Waals surface area contributed by atoms with E-state index in [9.17, 15) is 14.9 Å². The minimum absolute atomic E-state index is 0.127. The van der Waals surface area contributed by atoms with Gasteiger partial charge in [0.05, 0.1) is 18.5 Å². The van der Waals surface area contributed by atoms with Gasteiger partial charge in [-0.15, -0.1) is 0 Å². The summed E-state index contributed by atoms with van der Waals surface area (Å²) >= 11 is 0. The predicted octanol–water partition coefficient (Wildman–Crippen LogP) is 3.47. The summed E-state index contributed by atoms with van der Waals surface area (Å²) in [5, 5.41) is 14.3. The van der Waals surface area contributed by atoms with Crippen LogP contribution in [0.3, 0.4) is 0 Å². The van der Waals surface area contributed by atoms with E-state index in [1.807, 2.05) is 47.4 Å². The van der Waals surface area contributed by atoms with Gasteiger partial charge in [-0.1, -0.05) is 43.0 Å². The zero-order valence-electron chi connectivity index (χ0n) is 22.6. The van der Waals surface area contributed by atoms with Crippen molar-refractivity contribution in [2.75, 3.05) is 50.1 Å². The summed E-state index contributed by atoms with van der Waals surface area (Å²) in [7, 11) is 2.07. The largest absolute Gasteiger partial charge is 0.462 e. The van der Waals surface area contributed by atoms with Crippen molar-refractivity contribution in [2.45, 2.75) is 31.3 Å². The second-order valence-corrected chi connectivity index (χ2v) is 10.2. The lowest BCUT2D eigenvalue weighted by molar-refractivity contribution is -0.128. The summed E-state index contributed by atoms with van der Waals surface area (Å²) < 4.78 is 6.05. The molecule has 2 aliphatic rings. The molecule has 0 saturated carbocycles. The van der Waals surface area contributed by atoms with Gasteiger partial charge in [-0.25, -0.2) is 0 Å². The Balaban J connectivity index is 1.43. The van der Waals surface area contributed by atoms with Crippen LogP contribution in [0.4, 0.5) is 11.5 Å². The fourth-order valence-corrected chi connectivity index (χ4v) is 5.39. The number of hydrogen-bond acceptors (Lipinski definition) is 8. The lowest BCUT2D eigenvalue weighted by Gasteiger charge is -2.40. The van der Waals surface area contributed by atoms with E-state index in [0.29, 0.717) is 37.7 Å². The highest BCUT2D eigenvalue weighted by Crippen LogP contribution is 2.26. The second kappa shape index (κ2) is 12.1. The number of amides is 2. The number of carbonyl (C=O) groups excluding carboxylic acids is 2. The van der Waals surface area contributed by atoms with Crippen molar-refractivity contribution in [3.8, 4) is 12.1 Å². The molecule has 1 N–H and O–H groups in total. The third-order valence-corrected chi connectivity index (χ3v) is 7.63. The van der Waals surface area contributed by atoms with Gasteiger partial charge in [-0.05, 0) is 44.0 Å². The minimum Gasteiger partial charge on any atom is -0.462 e. The molecule has 2 fully saturated rings. The number of nitrogens with one attached hydrogen (secondary N) is 1. The average Bonchev–Trinajstić information content (AvgIpc) is 3.40. The van der Waals surface area contributed by atoms with Gasteiger partial charge in [0.15, 0.2) is 0 Å². The summed E-state index contributed by atoms with van der Waals surface area (Å²) in [4.78, 5) is 40.9. The number of likely N-dealkylation sites (N-methyl/N-ethyl adjacent to an activating group) is 1. The SMILES string of the molecule is C=CC(=O)N1CCN(c2cc(C(=O)Nc3cccc4ccccc34)nc(OC[C@@H]3CCCN3C)n2)C[C@@H]1CC#N. The van der Waals surface area contributed by atoms with Crippen LogP contribution < -0.4 is 15.0 Å². The van der Waals surface area contributed by atoms with Gasteiger partial charge < -0.3 is 24.8 Å². The molecule has 1 aromatic heterocycles. The fraction of sp³-hybridized carbons (Fsp3) is 0.367. The van der Waals surface area contributed by atoms with Crippen LogP contribution in [-0.4, -0.2) is 83.5 Å². The molecule has 2 atom stereocenters. The zero-order valence-corrected chi connectivity index (χ0v) is 22.6. The number of hydrogen-bond donors (Lipinski definition) is 1. The van der Waals surface area contributed by atoms with Crippen LogP contribution in [0.15, 0.2) is 61.2 Å². The number of fused-ring (bicyclic) bond motifs is 1. The number of piperazine rings is 1. The van der Waals surface area contributed by atoms with Gasteiger partial charge in [-0.2, -0.15) is 15.2 Å². The Labute approximate surface area is 233 Å². The number of nitriles is 1. The Morgan fingerprint density at radius 2 is 1.98 bits per heavy atom. The first kappa shape index (κ1) is 27.1. The molecule has 40 heavy (non-hydrogen) atoms. The lowest BCUT2D eigenvalue weighted by atomic mass is 10.1. The quantitative estimate of drug-likeness (QED) is 0.433. The van der Waals surface area contributed by atoms with Crippen LogP contribution in [0.1, 0.15) is 29.8 Å². The third-order valence-electron chi connectivity index (χ3n) is 7.63. The van der Waals surface area contributed by atoms with Crippen molar-refractivity contribution in [1.82, 2.24) is 19.8 Å². The monoisotopic (exact) mass is 539 g/mol. The average molecular weight is 540 g/mol. The zero-order chi connectivity index (χ0) is 28.1. The molecule has 0 aliphatic carbocycles. The summed E-state index contributed by atoms with van der Waals surface area (Å²) in [5.41, 5.74) is 0.859. The number of rotatable bonds is 8. The van der Waals surface area contributed by atoms with Gasteiger partial charge in [0.1, 0.15) is 18.1 Å². The van der Waals surface area contributed by atoms with Crippen LogP contribution in [0.25, 0.3) is 10.8 Å². The second-order valence-electron chi connectivity index (χ2n) is 10.2. The van der Waals surface area contributed by atoms with Crippen LogP contribution >= 0.6 is 0 Å². The Morgan fingerprint density at radius 3 is 2.75 bits per heavy atom. The molecule has 2 saturated heterocycles. The molecule has 0 bridgehead atoms. The predicted molar refractivity (Wildman–Crippen MR) is 153 cm³/mol. The van der Waals surface area contributed by atoms with Gasteiger partial charge in [0.2, 0.25) is 5.91 Å². The normalized spacial score (nSPS) is 19.3. The van der Waals surface area contributed by atoms with Crippen LogP contribution in [0.5, 0.6) is 6.01 Å². The molecule has 10 heteroatoms. The lowest BCUT2D eigenvalue weighted by Crippen LogP contribution is -2.55. The summed E-state index contributed by atoms with van der Waals surface area (Å²) in [6.07, 6.45) is 3.58. The van der Waals surface area contributed by atoms with E-state index in [2.05, 4.69) is 39.9 Å². The molecule has 3 heterocycles. The van der Waals surface area contributed by atoms with E-state index in [1.165, 1.54) is 6.08 Å². The standard InChI is InChI=1S/C30H33N7O3/c1-3-28(38)37-17-16-36(19-22(37)13-14-31)27-18-26(33-30(34-27)40-20-23-10-7-15-35(23)2)29(39)32-25-12-6-9-21-8-4-5-11-24(21)25/h3-6,8-9,11-12,18,22-23H,1,7,10,13,15-17,19-20H2,2H3,(H,32,39)/t22-,23-/m0/s1. The van der Waals surface area contributed by atoms with E-state index in [-0.39, 0.29) is 42.0 Å². The van der Waals surface area contributed by atoms with Crippen molar-refractivity contribution in [1.29, 1.82) is 5.26 Å². The van der Waals surface area contributed by atoms with Crippen LogP contribution in [0.2, 0.25) is 0 Å². The number of benzene rings is 2. The molecule has 0 radical (unpaired) electrons. The first-order chi connectivity index (χ1) is 19.5. The highest BCUT2D eigenvalue weighted by Gasteiger charge is 2.31. The molecule has 2 aromatic carbocycles. The molecular formula is C30H33N7O3. The van der Waals surface area contributed by atoms with E-state index in [4.69, 9.17) is 4.74 Å². The molecule has 206 valence electrons. The number of likely N-dealkylation sites (tertiary alicyclic amines) is 1. The first-order valence-electron chi connectivity index (χ1n) is 13.5. The van der Waals surface area contributed by atoms with Gasteiger partial charge >= 0.3 is 6.01 Å². The minimum atomic E-state index is -0.378. The maximum Gasteiger partial charge on any atom is 0.319 e. The maximum absolute atomic E-state index is 13.5. The molecule has 0 unspecified atom stereocenters. The Hall–Kier alpha value is -4.49. The van der Waals surface area contributed by atoms with Crippen molar-refractivity contribution < 1.29 is 14.3 Å². The summed E-state index contributed by atoms with van der Waals surface area (Å²) in [6, 6.07) is 17.5. The van der Waals surface area contributed by atoms with E-state index < -0.39 is 0 Å². The molecule has 2 amide bonds. The molecule has 5 rings (SSSR count). The molecular weight excluding hydrogens is 506 g/mol. The number of nitrogens with zero attached hydrogens (tertiary/aromatic N) is 6. The topological polar surface area (TPSA) is 115 Å². The van der Waals surface area contributed by atoms with Crippen molar-refractivity contribution in [3.63, 3.8) is 0 Å². The number of aromatic nitrogens is 2. The van der Waals surface area contributed by atoms with Crippen LogP contribution in [0, 0.1) is 11.3 Å². The van der Waals surface area contributed by atoms with Crippen LogP contribution in [-0.2, 0) is 4.79 Å². The summed E-state index contributed by atoms with van der Waals surface area (Å²) in [5.74, 6) is -0.0687. The summed E-state index contributed by atoms with van der Waals surface area (Å²) in [6.45, 7) is 6.30. The van der Waals surface area contributed by atoms with Gasteiger partial charge in [0, 0.05) is 42.8 Å². The highest BCUT2D eigenvalue weighted by atomic mass is 16.5. The molecule has 10 nitrogen and oxygen atoms in total. The van der Waals surface area contributed by atoms with Gasteiger partial charge in [-0.3, -0.25) is 9.59 Å². The highest BCUT2D eigenvalue weighted by molar-refractivity contribution is 6.08.